The molecule has 2 unspecified atom stereocenters. The normalized spacial score (nSPS) is 54.3. The molecular weight excluding hydrogens is 276 g/mol. The predicted molar refractivity (Wildman–Crippen MR) is 84.1 cm³/mol. The molecule has 0 spiro atoms. The van der Waals surface area contributed by atoms with Gasteiger partial charge >= 0.3 is 0 Å². The number of fused-ring (bicyclic) bond motifs is 5. The van der Waals surface area contributed by atoms with Gasteiger partial charge in [0.1, 0.15) is 0 Å². The van der Waals surface area contributed by atoms with Crippen LogP contribution in [0.3, 0.4) is 0 Å². The fourth-order valence-electron chi connectivity index (χ4n) is 6.50. The highest BCUT2D eigenvalue weighted by Gasteiger charge is 2.61. The maximum atomic E-state index is 11.8. The van der Waals surface area contributed by atoms with Crippen molar-refractivity contribution in [2.24, 2.45) is 28.6 Å². The molecule has 0 aliphatic heterocycles. The molecule has 0 aromatic carbocycles. The first-order valence-electron chi connectivity index (χ1n) is 8.96. The second kappa shape index (κ2) is 4.67. The maximum Gasteiger partial charge on any atom is 0.155 e. The van der Waals surface area contributed by atoms with Crippen LogP contribution in [0.15, 0.2) is 11.6 Å². The standard InChI is InChI=1S/C19H28O3/c1-18-7-5-12(20)9-11(18)10-15(21)17-13-3-4-16(22)19(13,2)8-6-14(17)18/h9,13-17,21-22H,3-8,10H2,1-2H3/t13-,14-,15?,16?,17-,18-,19-/m0/s1. The van der Waals surface area contributed by atoms with E-state index in [2.05, 4.69) is 13.8 Å². The van der Waals surface area contributed by atoms with Crippen molar-refractivity contribution in [3.63, 3.8) is 0 Å². The minimum Gasteiger partial charge on any atom is -0.393 e. The lowest BCUT2D eigenvalue weighted by molar-refractivity contribution is -0.127. The molecule has 0 amide bonds. The molecule has 4 aliphatic carbocycles. The van der Waals surface area contributed by atoms with Gasteiger partial charge in [-0.1, -0.05) is 19.4 Å². The molecule has 2 N–H and O–H groups in total. The highest BCUT2D eigenvalue weighted by molar-refractivity contribution is 5.91. The summed E-state index contributed by atoms with van der Waals surface area (Å²) < 4.78 is 0. The van der Waals surface area contributed by atoms with Crippen LogP contribution in [-0.2, 0) is 4.79 Å². The minimum absolute atomic E-state index is 0.00971. The number of aliphatic hydroxyl groups excluding tert-OH is 2. The van der Waals surface area contributed by atoms with Crippen LogP contribution in [0.5, 0.6) is 0 Å². The van der Waals surface area contributed by atoms with E-state index < -0.39 is 0 Å². The van der Waals surface area contributed by atoms with Gasteiger partial charge in [-0.05, 0) is 73.2 Å². The van der Waals surface area contributed by atoms with Gasteiger partial charge in [0, 0.05) is 6.42 Å². The summed E-state index contributed by atoms with van der Waals surface area (Å²) in [5.41, 5.74) is 1.27. The van der Waals surface area contributed by atoms with Crippen LogP contribution in [0.1, 0.15) is 58.8 Å². The maximum absolute atomic E-state index is 11.8. The average Bonchev–Trinajstić information content (AvgIpc) is 2.77. The number of rotatable bonds is 0. The van der Waals surface area contributed by atoms with Crippen LogP contribution in [0.4, 0.5) is 0 Å². The Morgan fingerprint density at radius 3 is 2.64 bits per heavy atom. The van der Waals surface area contributed by atoms with Gasteiger partial charge in [0.15, 0.2) is 5.78 Å². The van der Waals surface area contributed by atoms with Crippen LogP contribution in [0, 0.1) is 28.6 Å². The van der Waals surface area contributed by atoms with E-state index in [4.69, 9.17) is 0 Å². The van der Waals surface area contributed by atoms with Crippen LogP contribution < -0.4 is 0 Å². The van der Waals surface area contributed by atoms with Crippen molar-refractivity contribution in [1.29, 1.82) is 0 Å². The van der Waals surface area contributed by atoms with Crippen molar-refractivity contribution in [3.8, 4) is 0 Å². The molecule has 3 saturated carbocycles. The molecule has 7 atom stereocenters. The quantitative estimate of drug-likeness (QED) is 0.723. The van der Waals surface area contributed by atoms with Gasteiger partial charge in [0.05, 0.1) is 12.2 Å². The third-order valence-corrected chi connectivity index (χ3v) is 7.93. The number of ketones is 1. The first-order valence-corrected chi connectivity index (χ1v) is 8.96. The van der Waals surface area contributed by atoms with E-state index >= 15 is 0 Å². The highest BCUT2D eigenvalue weighted by atomic mass is 16.3. The molecule has 22 heavy (non-hydrogen) atoms. The Balaban J connectivity index is 1.74. The number of hydrogen-bond acceptors (Lipinski definition) is 3. The molecule has 3 fully saturated rings. The molecule has 0 heterocycles. The summed E-state index contributed by atoms with van der Waals surface area (Å²) >= 11 is 0. The molecule has 0 saturated heterocycles. The van der Waals surface area contributed by atoms with E-state index in [1.54, 1.807) is 0 Å². The SMILES string of the molecule is C[C@]12CCC(=O)C=C1CC(O)[C@@H]1[C@@H]2CC[C@]2(C)C(O)CC[C@@H]12. The van der Waals surface area contributed by atoms with Gasteiger partial charge in [0.25, 0.3) is 0 Å². The number of hydrogen-bond donors (Lipinski definition) is 2. The average molecular weight is 304 g/mol. The van der Waals surface area contributed by atoms with Gasteiger partial charge in [-0.2, -0.15) is 0 Å². The first kappa shape index (κ1) is 14.9. The van der Waals surface area contributed by atoms with Crippen LogP contribution in [0.2, 0.25) is 0 Å². The topological polar surface area (TPSA) is 57.5 Å². The van der Waals surface area contributed by atoms with Crippen molar-refractivity contribution in [2.75, 3.05) is 0 Å². The Morgan fingerprint density at radius 1 is 1.09 bits per heavy atom. The lowest BCUT2D eigenvalue weighted by Crippen LogP contribution is -2.55. The zero-order chi connectivity index (χ0) is 15.7. The van der Waals surface area contributed by atoms with Crippen molar-refractivity contribution < 1.29 is 15.0 Å². The van der Waals surface area contributed by atoms with Crippen molar-refractivity contribution in [3.05, 3.63) is 11.6 Å². The number of aliphatic hydroxyl groups is 2. The van der Waals surface area contributed by atoms with Crippen LogP contribution in [0.25, 0.3) is 0 Å². The fourth-order valence-corrected chi connectivity index (χ4v) is 6.50. The van der Waals surface area contributed by atoms with Crippen molar-refractivity contribution >= 4 is 5.78 Å². The predicted octanol–water partition coefficient (Wildman–Crippen LogP) is 2.85. The molecule has 0 radical (unpaired) electrons. The Kier molecular flexibility index (Phi) is 3.16. The smallest absolute Gasteiger partial charge is 0.155 e. The molecule has 4 aliphatic rings. The molecule has 0 aromatic rings. The molecule has 3 nitrogen and oxygen atoms in total. The highest BCUT2D eigenvalue weighted by Crippen LogP contribution is 2.65. The van der Waals surface area contributed by atoms with Crippen molar-refractivity contribution in [1.82, 2.24) is 0 Å². The second-order valence-corrected chi connectivity index (χ2v) is 8.75. The fraction of sp³-hybridized carbons (Fsp3) is 0.842. The Morgan fingerprint density at radius 2 is 1.86 bits per heavy atom. The third-order valence-electron chi connectivity index (χ3n) is 7.93. The van der Waals surface area contributed by atoms with E-state index in [1.165, 1.54) is 5.57 Å². The molecular formula is C19H28O3. The summed E-state index contributed by atoms with van der Waals surface area (Å²) in [4.78, 5) is 11.8. The monoisotopic (exact) mass is 304 g/mol. The number of carbonyl (C=O) groups is 1. The zero-order valence-corrected chi connectivity index (χ0v) is 13.7. The summed E-state index contributed by atoms with van der Waals surface area (Å²) in [5.74, 6) is 1.44. The van der Waals surface area contributed by atoms with Gasteiger partial charge in [-0.3, -0.25) is 4.79 Å². The van der Waals surface area contributed by atoms with Gasteiger partial charge < -0.3 is 10.2 Å². The molecule has 0 bridgehead atoms. The molecule has 0 aromatic heterocycles. The van der Waals surface area contributed by atoms with E-state index in [0.29, 0.717) is 30.6 Å². The Bertz CT molecular complexity index is 539. The summed E-state index contributed by atoms with van der Waals surface area (Å²) in [5, 5.41) is 21.3. The molecule has 4 rings (SSSR count). The number of carbonyl (C=O) groups excluding carboxylic acids is 1. The summed E-state index contributed by atoms with van der Waals surface area (Å²) in [6.07, 6.45) is 7.61. The van der Waals surface area contributed by atoms with E-state index in [-0.39, 0.29) is 28.8 Å². The summed E-state index contributed by atoms with van der Waals surface area (Å²) in [6.45, 7) is 4.55. The van der Waals surface area contributed by atoms with E-state index in [1.807, 2.05) is 6.08 Å². The van der Waals surface area contributed by atoms with E-state index in [0.717, 1.165) is 32.1 Å². The summed E-state index contributed by atoms with van der Waals surface area (Å²) in [7, 11) is 0. The Labute approximate surface area is 132 Å². The lowest BCUT2D eigenvalue weighted by Gasteiger charge is -2.59. The van der Waals surface area contributed by atoms with Crippen molar-refractivity contribution in [2.45, 2.75) is 71.0 Å². The van der Waals surface area contributed by atoms with Crippen LogP contribution >= 0.6 is 0 Å². The first-order chi connectivity index (χ1) is 10.4. The molecule has 3 heteroatoms. The van der Waals surface area contributed by atoms with Crippen LogP contribution in [-0.4, -0.2) is 28.2 Å². The minimum atomic E-state index is -0.342. The lowest BCUT2D eigenvalue weighted by atomic mass is 9.46. The summed E-state index contributed by atoms with van der Waals surface area (Å²) in [6, 6.07) is 0. The molecule has 122 valence electrons. The second-order valence-electron chi connectivity index (χ2n) is 8.75. The van der Waals surface area contributed by atoms with Gasteiger partial charge in [-0.25, -0.2) is 0 Å². The van der Waals surface area contributed by atoms with E-state index in [9.17, 15) is 15.0 Å². The van der Waals surface area contributed by atoms with Gasteiger partial charge in [0.2, 0.25) is 0 Å². The zero-order valence-electron chi connectivity index (χ0n) is 13.7. The van der Waals surface area contributed by atoms with Gasteiger partial charge in [-0.15, -0.1) is 0 Å². The Hall–Kier alpha value is -0.670. The third kappa shape index (κ3) is 1.78. The largest absolute Gasteiger partial charge is 0.393 e.